The van der Waals surface area contributed by atoms with Crippen LogP contribution in [0.4, 0.5) is 0 Å². The zero-order valence-electron chi connectivity index (χ0n) is 17.8. The molecule has 1 amide bonds. The Morgan fingerprint density at radius 2 is 1.83 bits per heavy atom. The van der Waals surface area contributed by atoms with Crippen LogP contribution in [0.2, 0.25) is 0 Å². The van der Waals surface area contributed by atoms with E-state index in [0.717, 1.165) is 38.3 Å². The summed E-state index contributed by atoms with van der Waals surface area (Å²) in [5.74, 6) is 1.31. The van der Waals surface area contributed by atoms with Gasteiger partial charge in [0.15, 0.2) is 0 Å². The van der Waals surface area contributed by atoms with Gasteiger partial charge < -0.3 is 10.2 Å². The second-order valence-electron chi connectivity index (χ2n) is 12.0. The third-order valence-electron chi connectivity index (χ3n) is 11.0. The minimum Gasteiger partial charge on any atom is -0.342 e. The number of carbonyl (C=O) groups excluding carboxylic acids is 1. The average molecular weight is 391 g/mol. The highest BCUT2D eigenvalue weighted by atomic mass is 16.2. The standard InChI is InChI=1S/C26H34N2O/c1-22-14-20-15-23(21(29)28-12-9-24(10-13-28)8-5-11-27-24)17-25(16-22,26(20,22)18-23)19-6-3-2-4-7-19/h2-4,6-7,20,27H,5,8-18H2,1H3/t20?,22-,23?,25+,26-/m1/s1. The molecule has 1 aromatic rings. The molecule has 4 aliphatic carbocycles. The number of hydrogen-bond acceptors (Lipinski definition) is 2. The van der Waals surface area contributed by atoms with Crippen LogP contribution in [0.5, 0.6) is 0 Å². The molecule has 4 saturated carbocycles. The molecule has 2 spiro atoms. The van der Waals surface area contributed by atoms with Crippen LogP contribution in [-0.4, -0.2) is 36.0 Å². The second-order valence-corrected chi connectivity index (χ2v) is 12.0. The molecule has 0 radical (unpaired) electrons. The number of rotatable bonds is 2. The summed E-state index contributed by atoms with van der Waals surface area (Å²) in [6, 6.07) is 11.3. The number of piperidine rings is 1. The molecule has 1 aromatic carbocycles. The van der Waals surface area contributed by atoms with E-state index in [9.17, 15) is 4.79 Å². The van der Waals surface area contributed by atoms with Crippen LogP contribution in [0.25, 0.3) is 0 Å². The van der Waals surface area contributed by atoms with E-state index in [1.54, 1.807) is 0 Å². The molecule has 0 aromatic heterocycles. The minimum atomic E-state index is -0.0671. The smallest absolute Gasteiger partial charge is 0.228 e. The van der Waals surface area contributed by atoms with E-state index >= 15 is 0 Å². The third-order valence-corrected chi connectivity index (χ3v) is 11.0. The van der Waals surface area contributed by atoms with Gasteiger partial charge in [-0.2, -0.15) is 0 Å². The van der Waals surface area contributed by atoms with Gasteiger partial charge in [-0.15, -0.1) is 0 Å². The lowest BCUT2D eigenvalue weighted by Gasteiger charge is -2.79. The van der Waals surface area contributed by atoms with Crippen LogP contribution >= 0.6 is 0 Å². The molecule has 1 N–H and O–H groups in total. The molecule has 5 atom stereocenters. The molecule has 6 fully saturated rings. The molecule has 29 heavy (non-hydrogen) atoms. The summed E-state index contributed by atoms with van der Waals surface area (Å²) in [6.07, 6.45) is 11.1. The number of carbonyl (C=O) groups is 1. The predicted octanol–water partition coefficient (Wildman–Crippen LogP) is 4.27. The highest BCUT2D eigenvalue weighted by molar-refractivity contribution is 5.85. The number of amides is 1. The maximum Gasteiger partial charge on any atom is 0.228 e. The molecule has 6 aliphatic rings. The number of benzene rings is 1. The molecular weight excluding hydrogens is 356 g/mol. The van der Waals surface area contributed by atoms with E-state index in [1.807, 2.05) is 0 Å². The fourth-order valence-electron chi connectivity index (χ4n) is 10.2. The zero-order valence-corrected chi connectivity index (χ0v) is 17.8. The van der Waals surface area contributed by atoms with E-state index in [0.29, 0.717) is 22.3 Å². The first-order valence-electron chi connectivity index (χ1n) is 12.1. The Bertz CT molecular complexity index is 881. The first kappa shape index (κ1) is 17.3. The van der Waals surface area contributed by atoms with Gasteiger partial charge in [-0.25, -0.2) is 0 Å². The topological polar surface area (TPSA) is 32.3 Å². The first-order valence-corrected chi connectivity index (χ1v) is 12.1. The van der Waals surface area contributed by atoms with Crippen LogP contribution in [0.15, 0.2) is 30.3 Å². The number of fused-ring (bicyclic) bond motifs is 1. The quantitative estimate of drug-likeness (QED) is 0.818. The number of nitrogens with one attached hydrogen (secondary N) is 1. The maximum atomic E-state index is 14.0. The Hall–Kier alpha value is -1.35. The van der Waals surface area contributed by atoms with E-state index < -0.39 is 0 Å². The van der Waals surface area contributed by atoms with Crippen molar-refractivity contribution in [1.82, 2.24) is 10.2 Å². The van der Waals surface area contributed by atoms with Gasteiger partial charge >= 0.3 is 0 Å². The van der Waals surface area contributed by atoms with Crippen molar-refractivity contribution < 1.29 is 4.79 Å². The summed E-state index contributed by atoms with van der Waals surface area (Å²) in [6.45, 7) is 5.65. The summed E-state index contributed by atoms with van der Waals surface area (Å²) in [5, 5.41) is 3.76. The average Bonchev–Trinajstić information content (AvgIpc) is 3.39. The van der Waals surface area contributed by atoms with Crippen LogP contribution in [-0.2, 0) is 10.2 Å². The highest BCUT2D eigenvalue weighted by Crippen LogP contribution is 2.93. The van der Waals surface area contributed by atoms with Crippen molar-refractivity contribution >= 4 is 5.91 Å². The SMILES string of the molecule is C[C@@]12CC3CC4(C(=O)N5CCC6(CCCN6)CC5)C[C@](c5ccccc5)(C1)[C@]32C4. The van der Waals surface area contributed by atoms with Gasteiger partial charge in [0.25, 0.3) is 0 Å². The van der Waals surface area contributed by atoms with Gasteiger partial charge in [0.2, 0.25) is 5.91 Å². The normalized spacial score (nSPS) is 48.3. The van der Waals surface area contributed by atoms with Crippen LogP contribution < -0.4 is 5.32 Å². The summed E-state index contributed by atoms with van der Waals surface area (Å²) in [5.41, 5.74) is 3.00. The molecular formula is C26H34N2O. The largest absolute Gasteiger partial charge is 0.342 e. The van der Waals surface area contributed by atoms with Crippen molar-refractivity contribution in [2.45, 2.75) is 75.7 Å². The molecule has 2 heterocycles. The first-order chi connectivity index (χ1) is 14.0. The minimum absolute atomic E-state index is 0.0671. The molecule has 3 nitrogen and oxygen atoms in total. The number of likely N-dealkylation sites (tertiary alicyclic amines) is 1. The number of nitrogens with zero attached hydrogens (tertiary/aromatic N) is 1. The fourth-order valence-corrected chi connectivity index (χ4v) is 10.2. The molecule has 3 heteroatoms. The second kappa shape index (κ2) is 5.10. The molecule has 7 rings (SSSR count). The third kappa shape index (κ3) is 1.77. The van der Waals surface area contributed by atoms with Crippen molar-refractivity contribution in [2.24, 2.45) is 22.2 Å². The van der Waals surface area contributed by atoms with Gasteiger partial charge in [-0.1, -0.05) is 37.3 Å². The van der Waals surface area contributed by atoms with Crippen molar-refractivity contribution in [3.63, 3.8) is 0 Å². The van der Waals surface area contributed by atoms with Crippen molar-refractivity contribution in [3.8, 4) is 0 Å². The lowest BCUT2D eigenvalue weighted by molar-refractivity contribution is -0.270. The molecule has 2 aliphatic heterocycles. The van der Waals surface area contributed by atoms with E-state index in [4.69, 9.17) is 0 Å². The summed E-state index contributed by atoms with van der Waals surface area (Å²) < 4.78 is 0. The Morgan fingerprint density at radius 1 is 1.03 bits per heavy atom. The van der Waals surface area contributed by atoms with Gasteiger partial charge in [0, 0.05) is 24.0 Å². The summed E-state index contributed by atoms with van der Waals surface area (Å²) in [4.78, 5) is 16.3. The fraction of sp³-hybridized carbons (Fsp3) is 0.731. The Kier molecular flexibility index (Phi) is 3.05. The lowest BCUT2D eigenvalue weighted by atomic mass is 9.24. The van der Waals surface area contributed by atoms with Crippen molar-refractivity contribution in [2.75, 3.05) is 19.6 Å². The van der Waals surface area contributed by atoms with Gasteiger partial charge in [-0.3, -0.25) is 4.79 Å². The van der Waals surface area contributed by atoms with Gasteiger partial charge in [0.05, 0.1) is 5.41 Å². The highest BCUT2D eigenvalue weighted by Gasteiger charge is 2.89. The van der Waals surface area contributed by atoms with E-state index in [1.165, 1.54) is 50.6 Å². The molecule has 2 saturated heterocycles. The summed E-state index contributed by atoms with van der Waals surface area (Å²) >= 11 is 0. The summed E-state index contributed by atoms with van der Waals surface area (Å²) in [7, 11) is 0. The van der Waals surface area contributed by atoms with E-state index in [-0.39, 0.29) is 10.8 Å². The van der Waals surface area contributed by atoms with Gasteiger partial charge in [0.1, 0.15) is 0 Å². The predicted molar refractivity (Wildman–Crippen MR) is 113 cm³/mol. The van der Waals surface area contributed by atoms with Crippen LogP contribution in [0.1, 0.15) is 70.3 Å². The Morgan fingerprint density at radius 3 is 2.52 bits per heavy atom. The number of hydrogen-bond donors (Lipinski definition) is 1. The Labute approximate surface area is 174 Å². The molecule has 154 valence electrons. The van der Waals surface area contributed by atoms with Crippen LogP contribution in [0.3, 0.4) is 0 Å². The monoisotopic (exact) mass is 390 g/mol. The Balaban J connectivity index is 1.21. The molecule has 2 unspecified atom stereocenters. The van der Waals surface area contributed by atoms with Crippen molar-refractivity contribution in [1.29, 1.82) is 0 Å². The van der Waals surface area contributed by atoms with Crippen LogP contribution in [0, 0.1) is 22.2 Å². The molecule has 2 bridgehead atoms. The van der Waals surface area contributed by atoms with Gasteiger partial charge in [-0.05, 0) is 86.6 Å². The zero-order chi connectivity index (χ0) is 19.5. The van der Waals surface area contributed by atoms with Crippen molar-refractivity contribution in [3.05, 3.63) is 35.9 Å². The van der Waals surface area contributed by atoms with E-state index in [2.05, 4.69) is 47.5 Å². The maximum absolute atomic E-state index is 14.0. The lowest BCUT2D eigenvalue weighted by Crippen LogP contribution is -2.75.